The molecule has 3 nitrogen and oxygen atoms in total. The van der Waals surface area contributed by atoms with Crippen LogP contribution in [0.25, 0.3) is 0 Å². The number of carbonyl (C=O) groups is 1. The standard InChI is InChI=1S/C18H19Br2NO2/c1-13(18(22)23-2)21(11-14-7-3-5-9-16(14)19)12-15-8-4-6-10-17(15)20/h3-10,13H,11-12H2,1-2H3/t13-/m0/s1. The minimum Gasteiger partial charge on any atom is -0.468 e. The Bertz CT molecular complexity index is 628. The Hall–Kier alpha value is -1.17. The molecule has 0 unspecified atom stereocenters. The summed E-state index contributed by atoms with van der Waals surface area (Å²) in [4.78, 5) is 14.1. The zero-order valence-corrected chi connectivity index (χ0v) is 16.3. The second kappa shape index (κ2) is 8.62. The average molecular weight is 441 g/mol. The number of nitrogens with zero attached hydrogens (tertiary/aromatic N) is 1. The number of benzene rings is 2. The van der Waals surface area contributed by atoms with Gasteiger partial charge >= 0.3 is 5.97 Å². The summed E-state index contributed by atoms with van der Waals surface area (Å²) >= 11 is 7.15. The van der Waals surface area contributed by atoms with Crippen molar-refractivity contribution in [2.75, 3.05) is 7.11 Å². The van der Waals surface area contributed by atoms with Crippen LogP contribution in [0.5, 0.6) is 0 Å². The van der Waals surface area contributed by atoms with E-state index in [1.165, 1.54) is 7.11 Å². The Kier molecular flexibility index (Phi) is 6.81. The lowest BCUT2D eigenvalue weighted by Gasteiger charge is -2.28. The van der Waals surface area contributed by atoms with Gasteiger partial charge in [0.2, 0.25) is 0 Å². The second-order valence-corrected chi connectivity index (χ2v) is 7.00. The van der Waals surface area contributed by atoms with Crippen molar-refractivity contribution in [3.63, 3.8) is 0 Å². The van der Waals surface area contributed by atoms with Crippen LogP contribution in [0, 0.1) is 0 Å². The lowest BCUT2D eigenvalue weighted by molar-refractivity contribution is -0.146. The number of halogens is 2. The Morgan fingerprint density at radius 1 is 1.00 bits per heavy atom. The summed E-state index contributed by atoms with van der Waals surface area (Å²) < 4.78 is 7.00. The molecule has 0 bridgehead atoms. The molecule has 0 aromatic heterocycles. The van der Waals surface area contributed by atoms with E-state index in [1.54, 1.807) is 0 Å². The fraction of sp³-hybridized carbons (Fsp3) is 0.278. The third-order valence-corrected chi connectivity index (χ3v) is 5.30. The van der Waals surface area contributed by atoms with Crippen LogP contribution in [0.15, 0.2) is 57.5 Å². The molecule has 0 aliphatic carbocycles. The maximum Gasteiger partial charge on any atom is 0.322 e. The zero-order valence-electron chi connectivity index (χ0n) is 13.1. The lowest BCUT2D eigenvalue weighted by atomic mass is 10.1. The van der Waals surface area contributed by atoms with E-state index in [4.69, 9.17) is 4.74 Å². The second-order valence-electron chi connectivity index (χ2n) is 5.29. The molecule has 23 heavy (non-hydrogen) atoms. The highest BCUT2D eigenvalue weighted by Gasteiger charge is 2.23. The van der Waals surface area contributed by atoms with Gasteiger partial charge in [0, 0.05) is 22.0 Å². The Balaban J connectivity index is 2.27. The van der Waals surface area contributed by atoms with Gasteiger partial charge in [0.1, 0.15) is 6.04 Å². The van der Waals surface area contributed by atoms with Crippen molar-refractivity contribution in [3.05, 3.63) is 68.6 Å². The molecule has 0 spiro atoms. The van der Waals surface area contributed by atoms with Gasteiger partial charge in [-0.25, -0.2) is 0 Å². The van der Waals surface area contributed by atoms with Gasteiger partial charge in [-0.15, -0.1) is 0 Å². The smallest absolute Gasteiger partial charge is 0.322 e. The Morgan fingerprint density at radius 2 is 1.43 bits per heavy atom. The average Bonchev–Trinajstić information content (AvgIpc) is 2.56. The Labute approximate surface area is 153 Å². The van der Waals surface area contributed by atoms with Gasteiger partial charge in [-0.05, 0) is 30.2 Å². The normalized spacial score (nSPS) is 12.2. The first-order valence-corrected chi connectivity index (χ1v) is 8.90. The van der Waals surface area contributed by atoms with E-state index >= 15 is 0 Å². The third-order valence-electron chi connectivity index (χ3n) is 3.75. The first-order valence-electron chi connectivity index (χ1n) is 7.31. The predicted octanol–water partition coefficient (Wildman–Crippen LogP) is 4.78. The summed E-state index contributed by atoms with van der Waals surface area (Å²) in [5, 5.41) is 0. The summed E-state index contributed by atoms with van der Waals surface area (Å²) in [5.74, 6) is -0.232. The van der Waals surface area contributed by atoms with Crippen molar-refractivity contribution in [2.45, 2.75) is 26.1 Å². The summed E-state index contributed by atoms with van der Waals surface area (Å²) in [6, 6.07) is 15.8. The van der Waals surface area contributed by atoms with E-state index in [1.807, 2.05) is 43.3 Å². The van der Waals surface area contributed by atoms with Gasteiger partial charge in [0.05, 0.1) is 7.11 Å². The summed E-state index contributed by atoms with van der Waals surface area (Å²) in [6.45, 7) is 3.18. The predicted molar refractivity (Wildman–Crippen MR) is 99.0 cm³/mol. The number of esters is 1. The van der Waals surface area contributed by atoms with Gasteiger partial charge in [0.15, 0.2) is 0 Å². The van der Waals surface area contributed by atoms with Crippen LogP contribution in [-0.2, 0) is 22.6 Å². The van der Waals surface area contributed by atoms with E-state index in [0.29, 0.717) is 13.1 Å². The number of hydrogen-bond acceptors (Lipinski definition) is 3. The van der Waals surface area contributed by atoms with Gasteiger partial charge in [0.25, 0.3) is 0 Å². The van der Waals surface area contributed by atoms with Crippen molar-refractivity contribution in [3.8, 4) is 0 Å². The number of rotatable bonds is 6. The minimum atomic E-state index is -0.334. The Morgan fingerprint density at radius 3 is 1.83 bits per heavy atom. The van der Waals surface area contributed by atoms with Gasteiger partial charge < -0.3 is 4.74 Å². The first kappa shape index (κ1) is 18.2. The molecule has 2 aromatic rings. The number of ether oxygens (including phenoxy) is 1. The van der Waals surface area contributed by atoms with Crippen LogP contribution in [0.2, 0.25) is 0 Å². The third kappa shape index (κ3) is 4.90. The molecule has 0 N–H and O–H groups in total. The molecule has 0 saturated carbocycles. The van der Waals surface area contributed by atoms with Crippen LogP contribution in [-0.4, -0.2) is 24.0 Å². The topological polar surface area (TPSA) is 29.5 Å². The highest BCUT2D eigenvalue weighted by Crippen LogP contribution is 2.23. The maximum atomic E-state index is 12.0. The monoisotopic (exact) mass is 439 g/mol. The fourth-order valence-electron chi connectivity index (χ4n) is 2.34. The van der Waals surface area contributed by atoms with Crippen molar-refractivity contribution in [1.82, 2.24) is 4.90 Å². The quantitative estimate of drug-likeness (QED) is 0.605. The number of carbonyl (C=O) groups excluding carboxylic acids is 1. The van der Waals surface area contributed by atoms with E-state index in [0.717, 1.165) is 20.1 Å². The van der Waals surface area contributed by atoms with Crippen molar-refractivity contribution >= 4 is 37.8 Å². The van der Waals surface area contributed by atoms with E-state index < -0.39 is 0 Å². The van der Waals surface area contributed by atoms with E-state index in [2.05, 4.69) is 48.9 Å². The molecule has 0 aliphatic rings. The molecule has 0 radical (unpaired) electrons. The molecular weight excluding hydrogens is 422 g/mol. The van der Waals surface area contributed by atoms with Crippen LogP contribution in [0.1, 0.15) is 18.1 Å². The molecule has 122 valence electrons. The lowest BCUT2D eigenvalue weighted by Crippen LogP contribution is -2.39. The molecule has 0 saturated heterocycles. The molecule has 0 fully saturated rings. The SMILES string of the molecule is COC(=O)[C@H](C)N(Cc1ccccc1Br)Cc1ccccc1Br. The highest BCUT2D eigenvalue weighted by atomic mass is 79.9. The minimum absolute atomic E-state index is 0.232. The van der Waals surface area contributed by atoms with Crippen LogP contribution in [0.4, 0.5) is 0 Å². The molecular formula is C18H19Br2NO2. The molecule has 0 amide bonds. The van der Waals surface area contributed by atoms with Crippen molar-refractivity contribution in [2.24, 2.45) is 0 Å². The molecule has 0 aliphatic heterocycles. The van der Waals surface area contributed by atoms with Crippen molar-refractivity contribution < 1.29 is 9.53 Å². The molecule has 0 heterocycles. The highest BCUT2D eigenvalue weighted by molar-refractivity contribution is 9.10. The summed E-state index contributed by atoms with van der Waals surface area (Å²) in [7, 11) is 1.42. The zero-order chi connectivity index (χ0) is 16.8. The summed E-state index contributed by atoms with van der Waals surface area (Å²) in [6.07, 6.45) is 0. The molecule has 2 aromatic carbocycles. The van der Waals surface area contributed by atoms with Gasteiger partial charge in [-0.3, -0.25) is 9.69 Å². The first-order chi connectivity index (χ1) is 11.0. The number of methoxy groups -OCH3 is 1. The van der Waals surface area contributed by atoms with E-state index in [9.17, 15) is 4.79 Å². The number of hydrogen-bond donors (Lipinski definition) is 0. The van der Waals surface area contributed by atoms with Gasteiger partial charge in [-0.2, -0.15) is 0 Å². The van der Waals surface area contributed by atoms with Crippen LogP contribution < -0.4 is 0 Å². The largest absolute Gasteiger partial charge is 0.468 e. The van der Waals surface area contributed by atoms with Crippen LogP contribution in [0.3, 0.4) is 0 Å². The summed E-state index contributed by atoms with van der Waals surface area (Å²) in [5.41, 5.74) is 2.27. The fourth-order valence-corrected chi connectivity index (χ4v) is 3.16. The molecule has 1 atom stereocenters. The van der Waals surface area contributed by atoms with E-state index in [-0.39, 0.29) is 12.0 Å². The van der Waals surface area contributed by atoms with Gasteiger partial charge in [-0.1, -0.05) is 68.3 Å². The molecule has 2 rings (SSSR count). The van der Waals surface area contributed by atoms with Crippen molar-refractivity contribution in [1.29, 1.82) is 0 Å². The molecule has 5 heteroatoms. The maximum absolute atomic E-state index is 12.0. The van der Waals surface area contributed by atoms with Crippen LogP contribution >= 0.6 is 31.9 Å².